The third-order valence-corrected chi connectivity index (χ3v) is 5.90. The average Bonchev–Trinajstić information content (AvgIpc) is 3.29. The summed E-state index contributed by atoms with van der Waals surface area (Å²) in [4.78, 5) is 23.0. The van der Waals surface area contributed by atoms with Crippen molar-refractivity contribution in [1.82, 2.24) is 14.9 Å². The number of hydrogen-bond acceptors (Lipinski definition) is 4. The summed E-state index contributed by atoms with van der Waals surface area (Å²) >= 11 is 4.94. The highest BCUT2D eigenvalue weighted by molar-refractivity contribution is 9.10. The summed E-state index contributed by atoms with van der Waals surface area (Å²) < 4.78 is 6.80. The summed E-state index contributed by atoms with van der Waals surface area (Å²) in [5, 5.41) is 1.16. The Hall–Kier alpha value is -1.99. The molecule has 1 aromatic carbocycles. The zero-order chi connectivity index (χ0) is 17.9. The number of thioether (sulfide) groups is 1. The van der Waals surface area contributed by atoms with Crippen LogP contribution >= 0.6 is 27.7 Å². The van der Waals surface area contributed by atoms with E-state index in [9.17, 15) is 4.79 Å². The van der Waals surface area contributed by atoms with Gasteiger partial charge in [-0.25, -0.2) is 4.98 Å². The molecule has 7 heteroatoms. The first-order valence-electron chi connectivity index (χ1n) is 8.44. The Morgan fingerprint density at radius 1 is 1.35 bits per heavy atom. The Morgan fingerprint density at radius 2 is 2.23 bits per heavy atom. The van der Waals surface area contributed by atoms with Crippen molar-refractivity contribution in [2.75, 3.05) is 18.8 Å². The predicted molar refractivity (Wildman–Crippen MR) is 107 cm³/mol. The first-order chi connectivity index (χ1) is 12.7. The lowest BCUT2D eigenvalue weighted by molar-refractivity contribution is -0.127. The lowest BCUT2D eigenvalue weighted by Crippen LogP contribution is -2.32. The van der Waals surface area contributed by atoms with Gasteiger partial charge < -0.3 is 14.6 Å². The van der Waals surface area contributed by atoms with Crippen LogP contribution in [0.25, 0.3) is 10.9 Å². The van der Waals surface area contributed by atoms with Crippen LogP contribution in [-0.2, 0) is 4.79 Å². The van der Waals surface area contributed by atoms with Crippen molar-refractivity contribution in [2.24, 2.45) is 0 Å². The summed E-state index contributed by atoms with van der Waals surface area (Å²) in [6.45, 7) is 1.35. The van der Waals surface area contributed by atoms with Crippen molar-refractivity contribution in [1.29, 1.82) is 0 Å². The van der Waals surface area contributed by atoms with Crippen molar-refractivity contribution < 1.29 is 9.53 Å². The van der Waals surface area contributed by atoms with Crippen LogP contribution in [0.3, 0.4) is 0 Å². The Balaban J connectivity index is 1.31. The van der Waals surface area contributed by atoms with Gasteiger partial charge in [-0.3, -0.25) is 4.79 Å². The number of rotatable bonds is 5. The van der Waals surface area contributed by atoms with Gasteiger partial charge in [0.15, 0.2) is 0 Å². The van der Waals surface area contributed by atoms with Crippen LogP contribution in [0.1, 0.15) is 6.42 Å². The fraction of sp³-hybridized carbons (Fsp3) is 0.263. The minimum absolute atomic E-state index is 0.00529. The maximum absolute atomic E-state index is 12.5. The standard InChI is InChI=1S/C19H18BrN3O2S/c20-13-5-6-18(22-9-13)25-14-7-8-23(11-14)19(24)12-26-17-10-21-16-4-2-1-3-15(16)17/h1-6,9-10,14,21H,7-8,11-12H2. The molecule has 3 aromatic rings. The Bertz CT molecular complexity index is 913. The second-order valence-electron chi connectivity index (χ2n) is 6.17. The summed E-state index contributed by atoms with van der Waals surface area (Å²) in [5.74, 6) is 1.18. The molecule has 4 rings (SSSR count). The van der Waals surface area contributed by atoms with Crippen molar-refractivity contribution >= 4 is 44.5 Å². The number of H-pyrrole nitrogens is 1. The molecule has 0 bridgehead atoms. The molecule has 0 aliphatic carbocycles. The summed E-state index contributed by atoms with van der Waals surface area (Å²) in [5.41, 5.74) is 1.10. The van der Waals surface area contributed by atoms with Crippen LogP contribution in [0, 0.1) is 0 Å². The highest BCUT2D eigenvalue weighted by atomic mass is 79.9. The lowest BCUT2D eigenvalue weighted by atomic mass is 10.2. The number of amides is 1. The highest BCUT2D eigenvalue weighted by Gasteiger charge is 2.27. The van der Waals surface area contributed by atoms with Gasteiger partial charge in [-0.05, 0) is 28.1 Å². The Kier molecular flexibility index (Phi) is 5.17. The molecule has 3 heterocycles. The molecular weight excluding hydrogens is 414 g/mol. The fourth-order valence-electron chi connectivity index (χ4n) is 3.05. The van der Waals surface area contributed by atoms with Crippen LogP contribution < -0.4 is 4.74 Å². The predicted octanol–water partition coefficient (Wildman–Crippen LogP) is 4.10. The van der Waals surface area contributed by atoms with Gasteiger partial charge >= 0.3 is 0 Å². The van der Waals surface area contributed by atoms with E-state index in [1.807, 2.05) is 41.4 Å². The monoisotopic (exact) mass is 431 g/mol. The number of fused-ring (bicyclic) bond motifs is 1. The number of benzene rings is 1. The number of carbonyl (C=O) groups is 1. The summed E-state index contributed by atoms with van der Waals surface area (Å²) in [7, 11) is 0. The topological polar surface area (TPSA) is 58.2 Å². The highest BCUT2D eigenvalue weighted by Crippen LogP contribution is 2.28. The van der Waals surface area contributed by atoms with E-state index in [-0.39, 0.29) is 12.0 Å². The van der Waals surface area contributed by atoms with E-state index in [2.05, 4.69) is 32.0 Å². The molecule has 1 saturated heterocycles. The smallest absolute Gasteiger partial charge is 0.233 e. The van der Waals surface area contributed by atoms with Gasteiger partial charge in [0.25, 0.3) is 0 Å². The van der Waals surface area contributed by atoms with Crippen LogP contribution in [0.2, 0.25) is 0 Å². The number of halogens is 1. The van der Waals surface area contributed by atoms with Crippen LogP contribution in [0.4, 0.5) is 0 Å². The molecule has 134 valence electrons. The van der Waals surface area contributed by atoms with Gasteiger partial charge in [0.1, 0.15) is 6.10 Å². The number of carbonyl (C=O) groups excluding carboxylic acids is 1. The average molecular weight is 432 g/mol. The van der Waals surface area contributed by atoms with Crippen LogP contribution in [0.15, 0.2) is 58.2 Å². The SMILES string of the molecule is O=C(CSc1c[nH]c2ccccc12)N1CCC(Oc2ccc(Br)cn2)C1. The number of aromatic nitrogens is 2. The van der Waals surface area contributed by atoms with Crippen molar-refractivity contribution in [3.63, 3.8) is 0 Å². The molecule has 1 atom stereocenters. The van der Waals surface area contributed by atoms with E-state index in [4.69, 9.17) is 4.74 Å². The molecule has 0 saturated carbocycles. The van der Waals surface area contributed by atoms with E-state index in [1.54, 1.807) is 18.0 Å². The molecule has 1 aliphatic rings. The third-order valence-electron chi connectivity index (χ3n) is 4.39. The molecule has 1 unspecified atom stereocenters. The quantitative estimate of drug-likeness (QED) is 0.617. The molecule has 26 heavy (non-hydrogen) atoms. The van der Waals surface area contributed by atoms with E-state index < -0.39 is 0 Å². The molecule has 1 aliphatic heterocycles. The van der Waals surface area contributed by atoms with Gasteiger partial charge in [0.05, 0.1) is 12.3 Å². The molecule has 1 amide bonds. The summed E-state index contributed by atoms with van der Waals surface area (Å²) in [6.07, 6.45) is 4.52. The van der Waals surface area contributed by atoms with Crippen molar-refractivity contribution in [3.05, 3.63) is 53.3 Å². The number of nitrogens with zero attached hydrogens (tertiary/aromatic N) is 2. The largest absolute Gasteiger partial charge is 0.472 e. The number of pyridine rings is 1. The minimum Gasteiger partial charge on any atom is -0.472 e. The summed E-state index contributed by atoms with van der Waals surface area (Å²) in [6, 6.07) is 11.9. The number of likely N-dealkylation sites (tertiary alicyclic amines) is 1. The maximum Gasteiger partial charge on any atom is 0.233 e. The van der Waals surface area contributed by atoms with Gasteiger partial charge in [-0.2, -0.15) is 0 Å². The van der Waals surface area contributed by atoms with E-state index in [0.29, 0.717) is 18.2 Å². The molecule has 5 nitrogen and oxygen atoms in total. The minimum atomic E-state index is 0.00529. The Labute approximate surface area is 164 Å². The van der Waals surface area contributed by atoms with Gasteiger partial charge in [0, 0.05) is 51.7 Å². The molecule has 0 spiro atoms. The van der Waals surface area contributed by atoms with E-state index in [0.717, 1.165) is 33.2 Å². The lowest BCUT2D eigenvalue weighted by Gasteiger charge is -2.16. The number of aromatic amines is 1. The van der Waals surface area contributed by atoms with Crippen molar-refractivity contribution in [2.45, 2.75) is 17.4 Å². The number of hydrogen-bond donors (Lipinski definition) is 1. The fourth-order valence-corrected chi connectivity index (χ4v) is 4.22. The Morgan fingerprint density at radius 3 is 3.08 bits per heavy atom. The first-order valence-corrected chi connectivity index (χ1v) is 10.2. The first kappa shape index (κ1) is 17.4. The van der Waals surface area contributed by atoms with Crippen molar-refractivity contribution in [3.8, 4) is 5.88 Å². The number of ether oxygens (including phenoxy) is 1. The van der Waals surface area contributed by atoms with E-state index >= 15 is 0 Å². The van der Waals surface area contributed by atoms with Crippen LogP contribution in [0.5, 0.6) is 5.88 Å². The molecule has 1 N–H and O–H groups in total. The zero-order valence-corrected chi connectivity index (χ0v) is 16.4. The zero-order valence-electron chi connectivity index (χ0n) is 14.0. The second kappa shape index (κ2) is 7.72. The molecule has 2 aromatic heterocycles. The molecule has 1 fully saturated rings. The van der Waals surface area contributed by atoms with Gasteiger partial charge in [0.2, 0.25) is 11.8 Å². The van der Waals surface area contributed by atoms with Gasteiger partial charge in [-0.1, -0.05) is 18.2 Å². The number of para-hydroxylation sites is 1. The van der Waals surface area contributed by atoms with Crippen LogP contribution in [-0.4, -0.2) is 45.7 Å². The second-order valence-corrected chi connectivity index (χ2v) is 8.10. The third kappa shape index (κ3) is 3.88. The molecular formula is C19H18BrN3O2S. The van der Waals surface area contributed by atoms with E-state index in [1.165, 1.54) is 0 Å². The maximum atomic E-state index is 12.5. The normalized spacial score (nSPS) is 17.0. The number of nitrogens with one attached hydrogen (secondary N) is 1. The molecule has 0 radical (unpaired) electrons. The van der Waals surface area contributed by atoms with Gasteiger partial charge in [-0.15, -0.1) is 11.8 Å².